The summed E-state index contributed by atoms with van der Waals surface area (Å²) >= 11 is 5.64. The van der Waals surface area contributed by atoms with E-state index in [0.717, 1.165) is 24.8 Å². The maximum absolute atomic E-state index is 5.64. The lowest BCUT2D eigenvalue weighted by molar-refractivity contribution is 0.414. The minimum absolute atomic E-state index is 0.572. The van der Waals surface area contributed by atoms with E-state index in [0.29, 0.717) is 6.04 Å². The molecule has 0 aliphatic carbocycles. The molecule has 1 unspecified atom stereocenters. The zero-order chi connectivity index (χ0) is 9.40. The summed E-state index contributed by atoms with van der Waals surface area (Å²) in [6, 6.07) is 0.572. The molecule has 0 radical (unpaired) electrons. The van der Waals surface area contributed by atoms with Crippen LogP contribution in [-0.4, -0.2) is 18.5 Å². The summed E-state index contributed by atoms with van der Waals surface area (Å²) in [5.41, 5.74) is 0. The lowest BCUT2D eigenvalue weighted by Crippen LogP contribution is -2.31. The Morgan fingerprint density at radius 3 is 2.25 bits per heavy atom. The lowest BCUT2D eigenvalue weighted by Gasteiger charge is -2.17. The van der Waals surface area contributed by atoms with E-state index in [4.69, 9.17) is 11.6 Å². The number of halogens is 1. The highest BCUT2D eigenvalue weighted by molar-refractivity contribution is 6.17. The first-order chi connectivity index (χ1) is 5.74. The second-order valence-electron chi connectivity index (χ2n) is 3.47. The van der Waals surface area contributed by atoms with Crippen molar-refractivity contribution in [2.75, 3.05) is 12.4 Å². The van der Waals surface area contributed by atoms with E-state index in [1.165, 1.54) is 12.8 Å². The van der Waals surface area contributed by atoms with Gasteiger partial charge in [-0.3, -0.25) is 0 Å². The number of alkyl halides is 1. The molecule has 0 heterocycles. The monoisotopic (exact) mass is 191 g/mol. The molecule has 0 aliphatic heterocycles. The van der Waals surface area contributed by atoms with Crippen LogP contribution in [0.4, 0.5) is 0 Å². The SMILES string of the molecule is CCC(CC)CNC(C)CCCl. The standard InChI is InChI=1S/C10H22ClN/c1-4-10(5-2)8-12-9(3)6-7-11/h9-10,12H,4-8H2,1-3H3. The number of hydrogen-bond donors (Lipinski definition) is 1. The summed E-state index contributed by atoms with van der Waals surface area (Å²) in [5, 5.41) is 3.50. The molecule has 0 fully saturated rings. The van der Waals surface area contributed by atoms with Crippen LogP contribution in [0.1, 0.15) is 40.0 Å². The van der Waals surface area contributed by atoms with Gasteiger partial charge in [0.25, 0.3) is 0 Å². The minimum atomic E-state index is 0.572. The summed E-state index contributed by atoms with van der Waals surface area (Å²) in [7, 11) is 0. The Morgan fingerprint density at radius 1 is 1.25 bits per heavy atom. The molecule has 0 saturated carbocycles. The molecular formula is C10H22ClN. The van der Waals surface area contributed by atoms with Gasteiger partial charge in [0, 0.05) is 11.9 Å². The molecule has 0 bridgehead atoms. The summed E-state index contributed by atoms with van der Waals surface area (Å²) in [5.74, 6) is 1.60. The predicted octanol–water partition coefficient (Wildman–Crippen LogP) is 3.03. The Morgan fingerprint density at radius 2 is 1.83 bits per heavy atom. The van der Waals surface area contributed by atoms with Crippen molar-refractivity contribution < 1.29 is 0 Å². The Kier molecular flexibility index (Phi) is 8.04. The van der Waals surface area contributed by atoms with Gasteiger partial charge in [-0.2, -0.15) is 0 Å². The largest absolute Gasteiger partial charge is 0.314 e. The Labute approximate surface area is 81.9 Å². The van der Waals surface area contributed by atoms with Gasteiger partial charge in [0.2, 0.25) is 0 Å². The minimum Gasteiger partial charge on any atom is -0.314 e. The number of nitrogens with one attached hydrogen (secondary N) is 1. The molecule has 1 N–H and O–H groups in total. The van der Waals surface area contributed by atoms with Crippen molar-refractivity contribution in [1.82, 2.24) is 5.32 Å². The summed E-state index contributed by atoms with van der Waals surface area (Å²) in [6.45, 7) is 7.85. The summed E-state index contributed by atoms with van der Waals surface area (Å²) in [4.78, 5) is 0. The highest BCUT2D eigenvalue weighted by Gasteiger charge is 2.05. The van der Waals surface area contributed by atoms with Crippen LogP contribution >= 0.6 is 11.6 Å². The topological polar surface area (TPSA) is 12.0 Å². The molecule has 0 saturated heterocycles. The predicted molar refractivity (Wildman–Crippen MR) is 56.9 cm³/mol. The van der Waals surface area contributed by atoms with Crippen LogP contribution in [-0.2, 0) is 0 Å². The molecular weight excluding hydrogens is 170 g/mol. The Balaban J connectivity index is 3.37. The average Bonchev–Trinajstić information content (AvgIpc) is 2.07. The van der Waals surface area contributed by atoms with E-state index in [1.54, 1.807) is 0 Å². The van der Waals surface area contributed by atoms with Gasteiger partial charge in [0.15, 0.2) is 0 Å². The molecule has 0 aliphatic rings. The van der Waals surface area contributed by atoms with Crippen LogP contribution in [0.25, 0.3) is 0 Å². The maximum Gasteiger partial charge on any atom is 0.0238 e. The molecule has 1 atom stereocenters. The fourth-order valence-electron chi connectivity index (χ4n) is 1.21. The maximum atomic E-state index is 5.64. The molecule has 1 nitrogen and oxygen atoms in total. The molecule has 0 aromatic rings. The van der Waals surface area contributed by atoms with Crippen LogP contribution < -0.4 is 5.32 Å². The zero-order valence-electron chi connectivity index (χ0n) is 8.57. The van der Waals surface area contributed by atoms with Crippen molar-refractivity contribution in [2.45, 2.75) is 46.1 Å². The van der Waals surface area contributed by atoms with E-state index in [1.807, 2.05) is 0 Å². The number of rotatable bonds is 7. The zero-order valence-corrected chi connectivity index (χ0v) is 9.32. The third kappa shape index (κ3) is 5.84. The molecule has 2 heteroatoms. The Hall–Kier alpha value is 0.250. The second kappa shape index (κ2) is 7.88. The lowest BCUT2D eigenvalue weighted by atomic mass is 10.0. The van der Waals surface area contributed by atoms with Gasteiger partial charge >= 0.3 is 0 Å². The van der Waals surface area contributed by atoms with Gasteiger partial charge in [-0.25, -0.2) is 0 Å². The van der Waals surface area contributed by atoms with Crippen LogP contribution in [0.2, 0.25) is 0 Å². The number of hydrogen-bond acceptors (Lipinski definition) is 1. The van der Waals surface area contributed by atoms with Crippen LogP contribution in [0.5, 0.6) is 0 Å². The molecule has 0 aromatic carbocycles. The molecule has 12 heavy (non-hydrogen) atoms. The van der Waals surface area contributed by atoms with E-state index >= 15 is 0 Å². The van der Waals surface area contributed by atoms with Crippen molar-refractivity contribution in [2.24, 2.45) is 5.92 Å². The van der Waals surface area contributed by atoms with Crippen molar-refractivity contribution in [3.05, 3.63) is 0 Å². The van der Waals surface area contributed by atoms with E-state index in [-0.39, 0.29) is 0 Å². The molecule has 74 valence electrons. The summed E-state index contributed by atoms with van der Waals surface area (Å²) < 4.78 is 0. The van der Waals surface area contributed by atoms with Gasteiger partial charge in [-0.15, -0.1) is 11.6 Å². The molecule has 0 spiro atoms. The van der Waals surface area contributed by atoms with Gasteiger partial charge in [-0.05, 0) is 25.8 Å². The van der Waals surface area contributed by atoms with Crippen LogP contribution in [0.3, 0.4) is 0 Å². The first-order valence-corrected chi connectivity index (χ1v) is 5.57. The second-order valence-corrected chi connectivity index (χ2v) is 3.85. The molecule has 0 rings (SSSR count). The van der Waals surface area contributed by atoms with Crippen LogP contribution in [0, 0.1) is 5.92 Å². The Bertz CT molecular complexity index is 91.8. The third-order valence-electron chi connectivity index (χ3n) is 2.45. The first-order valence-electron chi connectivity index (χ1n) is 5.03. The highest BCUT2D eigenvalue weighted by Crippen LogP contribution is 2.06. The quantitative estimate of drug-likeness (QED) is 0.611. The average molecular weight is 192 g/mol. The van der Waals surface area contributed by atoms with E-state index < -0.39 is 0 Å². The van der Waals surface area contributed by atoms with E-state index in [2.05, 4.69) is 26.1 Å². The van der Waals surface area contributed by atoms with E-state index in [9.17, 15) is 0 Å². The van der Waals surface area contributed by atoms with Crippen molar-refractivity contribution in [1.29, 1.82) is 0 Å². The fourth-order valence-corrected chi connectivity index (χ4v) is 1.54. The molecule has 0 aromatic heterocycles. The van der Waals surface area contributed by atoms with Gasteiger partial charge in [0.05, 0.1) is 0 Å². The third-order valence-corrected chi connectivity index (χ3v) is 2.67. The van der Waals surface area contributed by atoms with Crippen molar-refractivity contribution >= 4 is 11.6 Å². The van der Waals surface area contributed by atoms with Gasteiger partial charge in [0.1, 0.15) is 0 Å². The van der Waals surface area contributed by atoms with Gasteiger partial charge < -0.3 is 5.32 Å². The fraction of sp³-hybridized carbons (Fsp3) is 1.00. The highest BCUT2D eigenvalue weighted by atomic mass is 35.5. The molecule has 0 amide bonds. The smallest absolute Gasteiger partial charge is 0.0238 e. The van der Waals surface area contributed by atoms with Crippen LogP contribution in [0.15, 0.2) is 0 Å². The van der Waals surface area contributed by atoms with Crippen molar-refractivity contribution in [3.63, 3.8) is 0 Å². The van der Waals surface area contributed by atoms with Gasteiger partial charge in [-0.1, -0.05) is 26.7 Å². The van der Waals surface area contributed by atoms with Crippen molar-refractivity contribution in [3.8, 4) is 0 Å². The summed E-state index contributed by atoms with van der Waals surface area (Å²) in [6.07, 6.45) is 3.62. The normalized spacial score (nSPS) is 13.8. The first kappa shape index (κ1) is 12.2.